The number of halogens is 6. The summed E-state index contributed by atoms with van der Waals surface area (Å²) in [5, 5.41) is 2.30. The van der Waals surface area contributed by atoms with Gasteiger partial charge < -0.3 is 5.32 Å². The largest absolute Gasteiger partial charge is 0.417 e. The van der Waals surface area contributed by atoms with Crippen molar-refractivity contribution < 1.29 is 31.1 Å². The van der Waals surface area contributed by atoms with Gasteiger partial charge in [0.25, 0.3) is 5.91 Å². The van der Waals surface area contributed by atoms with Crippen molar-refractivity contribution in [2.45, 2.75) is 25.7 Å². The molecule has 28 heavy (non-hydrogen) atoms. The highest BCUT2D eigenvalue weighted by Crippen LogP contribution is 2.32. The van der Waals surface area contributed by atoms with Crippen molar-refractivity contribution in [2.75, 3.05) is 5.32 Å². The first-order chi connectivity index (χ1) is 13.0. The molecule has 0 fully saturated rings. The third-order valence-corrected chi connectivity index (χ3v) is 4.02. The van der Waals surface area contributed by atoms with Crippen LogP contribution in [0.1, 0.15) is 34.2 Å². The van der Waals surface area contributed by atoms with Crippen LogP contribution in [0.5, 0.6) is 0 Å². The molecule has 0 unspecified atom stereocenters. The Balaban J connectivity index is 2.03. The molecular weight excluding hydrogens is 388 g/mol. The summed E-state index contributed by atoms with van der Waals surface area (Å²) in [6.07, 6.45) is -8.24. The van der Waals surface area contributed by atoms with E-state index in [0.29, 0.717) is 0 Å². The van der Waals surface area contributed by atoms with Crippen LogP contribution in [0.25, 0.3) is 5.65 Å². The van der Waals surface area contributed by atoms with Gasteiger partial charge in [0, 0.05) is 11.9 Å². The van der Waals surface area contributed by atoms with E-state index in [4.69, 9.17) is 0 Å². The topological polar surface area (TPSA) is 46.4 Å². The summed E-state index contributed by atoms with van der Waals surface area (Å²) < 4.78 is 78.5. The van der Waals surface area contributed by atoms with Crippen LogP contribution in [0.15, 0.2) is 42.6 Å². The molecular formula is C18H13F6N3O. The summed E-state index contributed by atoms with van der Waals surface area (Å²) in [7, 11) is 0. The second-order valence-corrected chi connectivity index (χ2v) is 5.94. The SMILES string of the molecule is CCc1nc2ccc(C(F)(F)F)cn2c1C(=O)Nc1cccc(C(F)(F)F)c1. The van der Waals surface area contributed by atoms with Crippen LogP contribution >= 0.6 is 0 Å². The Hall–Kier alpha value is -3.04. The number of alkyl halides is 6. The van der Waals surface area contributed by atoms with Gasteiger partial charge in [-0.05, 0) is 36.8 Å². The molecule has 0 aliphatic heterocycles. The maximum absolute atomic E-state index is 13.0. The monoisotopic (exact) mass is 401 g/mol. The molecule has 2 aromatic heterocycles. The van der Waals surface area contributed by atoms with Gasteiger partial charge in [0.2, 0.25) is 0 Å². The van der Waals surface area contributed by atoms with Crippen LogP contribution in [-0.4, -0.2) is 15.3 Å². The van der Waals surface area contributed by atoms with Crippen LogP contribution in [0.4, 0.5) is 32.0 Å². The lowest BCUT2D eigenvalue weighted by Gasteiger charge is -2.11. The first-order valence-corrected chi connectivity index (χ1v) is 8.07. The third-order valence-electron chi connectivity index (χ3n) is 4.02. The highest BCUT2D eigenvalue weighted by Gasteiger charge is 2.32. The Bertz CT molecular complexity index is 1040. The molecule has 0 aliphatic rings. The molecule has 0 saturated heterocycles. The lowest BCUT2D eigenvalue weighted by Crippen LogP contribution is -2.17. The molecule has 10 heteroatoms. The summed E-state index contributed by atoms with van der Waals surface area (Å²) in [6.45, 7) is 1.66. The summed E-state index contributed by atoms with van der Waals surface area (Å²) in [4.78, 5) is 16.8. The van der Waals surface area contributed by atoms with Crippen molar-refractivity contribution in [3.63, 3.8) is 0 Å². The van der Waals surface area contributed by atoms with Gasteiger partial charge in [0.1, 0.15) is 11.3 Å². The number of carbonyl (C=O) groups is 1. The van der Waals surface area contributed by atoms with Gasteiger partial charge in [-0.25, -0.2) is 4.98 Å². The zero-order valence-corrected chi connectivity index (χ0v) is 14.3. The van der Waals surface area contributed by atoms with E-state index in [1.165, 1.54) is 6.07 Å². The number of benzene rings is 1. The highest BCUT2D eigenvalue weighted by atomic mass is 19.4. The van der Waals surface area contributed by atoms with Gasteiger partial charge in [-0.2, -0.15) is 26.3 Å². The Morgan fingerprint density at radius 1 is 1.04 bits per heavy atom. The number of anilines is 1. The van der Waals surface area contributed by atoms with Gasteiger partial charge in [0.05, 0.1) is 16.8 Å². The van der Waals surface area contributed by atoms with Crippen LogP contribution in [0, 0.1) is 0 Å². The molecule has 0 atom stereocenters. The molecule has 3 rings (SSSR count). The second-order valence-electron chi connectivity index (χ2n) is 5.94. The molecule has 0 radical (unpaired) electrons. The van der Waals surface area contributed by atoms with E-state index in [1.807, 2.05) is 0 Å². The summed E-state index contributed by atoms with van der Waals surface area (Å²) in [5.74, 6) is -0.858. The number of carbonyl (C=O) groups excluding carboxylic acids is 1. The fourth-order valence-corrected chi connectivity index (χ4v) is 2.71. The predicted octanol–water partition coefficient (Wildman–Crippen LogP) is 5.19. The first kappa shape index (κ1) is 19.7. The number of amides is 1. The van der Waals surface area contributed by atoms with E-state index in [2.05, 4.69) is 10.3 Å². The predicted molar refractivity (Wildman–Crippen MR) is 89.0 cm³/mol. The van der Waals surface area contributed by atoms with Crippen molar-refractivity contribution in [3.8, 4) is 0 Å². The van der Waals surface area contributed by atoms with Crippen LogP contribution in [0.2, 0.25) is 0 Å². The van der Waals surface area contributed by atoms with Gasteiger partial charge >= 0.3 is 12.4 Å². The number of nitrogens with one attached hydrogen (secondary N) is 1. The number of aromatic nitrogens is 2. The van der Waals surface area contributed by atoms with E-state index in [0.717, 1.165) is 40.9 Å². The maximum atomic E-state index is 13.0. The molecule has 148 valence electrons. The van der Waals surface area contributed by atoms with E-state index < -0.39 is 29.4 Å². The average Bonchev–Trinajstić information content (AvgIpc) is 2.98. The first-order valence-electron chi connectivity index (χ1n) is 8.07. The molecule has 3 aromatic rings. The van der Waals surface area contributed by atoms with Gasteiger partial charge in [-0.1, -0.05) is 13.0 Å². The fourth-order valence-electron chi connectivity index (χ4n) is 2.71. The Morgan fingerprint density at radius 2 is 1.71 bits per heavy atom. The minimum Gasteiger partial charge on any atom is -0.321 e. The van der Waals surface area contributed by atoms with E-state index in [-0.39, 0.29) is 29.1 Å². The summed E-state index contributed by atoms with van der Waals surface area (Å²) in [6, 6.07) is 5.93. The van der Waals surface area contributed by atoms with Crippen LogP contribution < -0.4 is 5.32 Å². The van der Waals surface area contributed by atoms with Gasteiger partial charge in [-0.3, -0.25) is 9.20 Å². The van der Waals surface area contributed by atoms with Crippen molar-refractivity contribution in [2.24, 2.45) is 0 Å². The standard InChI is InChI=1S/C18H13F6N3O/c1-2-13-15(27-9-11(18(22,23)24)6-7-14(27)26-13)16(28)25-12-5-3-4-10(8-12)17(19,20)21/h3-9H,2H2,1H3,(H,25,28). The highest BCUT2D eigenvalue weighted by molar-refractivity contribution is 6.04. The number of aryl methyl sites for hydroxylation is 1. The Morgan fingerprint density at radius 3 is 2.32 bits per heavy atom. The van der Waals surface area contributed by atoms with Crippen molar-refractivity contribution >= 4 is 17.2 Å². The minimum atomic E-state index is -4.63. The molecule has 4 nitrogen and oxygen atoms in total. The van der Waals surface area contributed by atoms with Crippen molar-refractivity contribution in [1.82, 2.24) is 9.38 Å². The number of nitrogens with zero attached hydrogens (tertiary/aromatic N) is 2. The van der Waals surface area contributed by atoms with E-state index in [1.54, 1.807) is 6.92 Å². The maximum Gasteiger partial charge on any atom is 0.417 e. The van der Waals surface area contributed by atoms with Crippen LogP contribution in [0.3, 0.4) is 0 Å². The molecule has 0 bridgehead atoms. The fraction of sp³-hybridized carbons (Fsp3) is 0.222. The Kier molecular flexibility index (Phi) is 4.82. The lowest BCUT2D eigenvalue weighted by molar-refractivity contribution is -0.138. The molecule has 1 amide bonds. The quantitative estimate of drug-likeness (QED) is 0.615. The molecule has 1 aromatic carbocycles. The summed E-state index contributed by atoms with van der Waals surface area (Å²) in [5.41, 5.74) is -1.89. The van der Waals surface area contributed by atoms with Crippen molar-refractivity contribution in [1.29, 1.82) is 0 Å². The normalized spacial score (nSPS) is 12.4. The minimum absolute atomic E-state index is 0.124. The molecule has 0 spiro atoms. The second kappa shape index (κ2) is 6.84. The van der Waals surface area contributed by atoms with Crippen LogP contribution in [-0.2, 0) is 18.8 Å². The van der Waals surface area contributed by atoms with Gasteiger partial charge in [0.15, 0.2) is 0 Å². The molecule has 0 aliphatic carbocycles. The number of hydrogen-bond donors (Lipinski definition) is 1. The molecule has 0 saturated carbocycles. The zero-order valence-electron chi connectivity index (χ0n) is 14.3. The molecule has 2 heterocycles. The third kappa shape index (κ3) is 3.80. The van der Waals surface area contributed by atoms with Crippen molar-refractivity contribution in [3.05, 3.63) is 65.1 Å². The van der Waals surface area contributed by atoms with E-state index in [9.17, 15) is 31.1 Å². The van der Waals surface area contributed by atoms with Gasteiger partial charge in [-0.15, -0.1) is 0 Å². The Labute approximate surface area is 154 Å². The smallest absolute Gasteiger partial charge is 0.321 e. The number of hydrogen-bond acceptors (Lipinski definition) is 2. The zero-order chi connectivity index (χ0) is 20.7. The lowest BCUT2D eigenvalue weighted by atomic mass is 10.2. The summed E-state index contributed by atoms with van der Waals surface area (Å²) >= 11 is 0. The number of fused-ring (bicyclic) bond motifs is 1. The number of rotatable bonds is 3. The molecule has 1 N–H and O–H groups in total. The van der Waals surface area contributed by atoms with E-state index >= 15 is 0 Å². The number of pyridine rings is 1. The number of imidazole rings is 1. The average molecular weight is 401 g/mol.